The van der Waals surface area contributed by atoms with Crippen molar-refractivity contribution in [1.82, 2.24) is 15.2 Å². The fraction of sp³-hybridized carbons (Fsp3) is 0.0667. The Balaban J connectivity index is 1.74. The molecule has 0 radical (unpaired) electrons. The number of rotatable bonds is 4. The van der Waals surface area contributed by atoms with E-state index >= 15 is 0 Å². The van der Waals surface area contributed by atoms with E-state index in [4.69, 9.17) is 9.47 Å². The first-order valence-corrected chi connectivity index (χ1v) is 6.13. The Morgan fingerprint density at radius 1 is 0.950 bits per heavy atom. The molecule has 0 aliphatic heterocycles. The summed E-state index contributed by atoms with van der Waals surface area (Å²) < 4.78 is 10.8. The summed E-state index contributed by atoms with van der Waals surface area (Å²) in [6.45, 7) is 0. The highest BCUT2D eigenvalue weighted by Crippen LogP contribution is 2.24. The molecule has 0 atom stereocenters. The topological polar surface area (TPSA) is 60.0 Å². The van der Waals surface area contributed by atoms with Gasteiger partial charge in [-0.3, -0.25) is 5.10 Å². The molecule has 20 heavy (non-hydrogen) atoms. The van der Waals surface area contributed by atoms with Crippen molar-refractivity contribution in [1.29, 1.82) is 0 Å². The van der Waals surface area contributed by atoms with Gasteiger partial charge in [-0.05, 0) is 36.4 Å². The first-order chi connectivity index (χ1) is 9.85. The van der Waals surface area contributed by atoms with Crippen molar-refractivity contribution in [2.24, 2.45) is 0 Å². The molecule has 100 valence electrons. The number of pyridine rings is 1. The molecule has 5 nitrogen and oxygen atoms in total. The molecule has 0 amide bonds. The fourth-order valence-corrected chi connectivity index (χ4v) is 1.78. The average Bonchev–Trinajstić information content (AvgIpc) is 3.03. The lowest BCUT2D eigenvalue weighted by Crippen LogP contribution is -1.89. The summed E-state index contributed by atoms with van der Waals surface area (Å²) in [6.07, 6.45) is 3.45. The van der Waals surface area contributed by atoms with E-state index in [9.17, 15) is 0 Å². The second-order valence-corrected chi connectivity index (χ2v) is 4.13. The van der Waals surface area contributed by atoms with Crippen LogP contribution >= 0.6 is 0 Å². The van der Waals surface area contributed by atoms with Gasteiger partial charge in [-0.25, -0.2) is 4.98 Å². The maximum absolute atomic E-state index is 5.66. The molecule has 1 N–H and O–H groups in total. The van der Waals surface area contributed by atoms with Crippen LogP contribution in [-0.4, -0.2) is 22.3 Å². The lowest BCUT2D eigenvalue weighted by Gasteiger charge is -2.06. The predicted molar refractivity (Wildman–Crippen MR) is 74.9 cm³/mol. The van der Waals surface area contributed by atoms with Crippen LogP contribution < -0.4 is 9.47 Å². The molecule has 0 saturated carbocycles. The second kappa shape index (κ2) is 5.44. The summed E-state index contributed by atoms with van der Waals surface area (Å²) in [6, 6.07) is 13.0. The zero-order valence-electron chi connectivity index (χ0n) is 10.9. The monoisotopic (exact) mass is 267 g/mol. The number of benzene rings is 1. The number of aromatic amines is 1. The van der Waals surface area contributed by atoms with Crippen molar-refractivity contribution in [3.05, 3.63) is 54.9 Å². The van der Waals surface area contributed by atoms with E-state index in [0.717, 1.165) is 17.0 Å². The minimum atomic E-state index is 0.540. The van der Waals surface area contributed by atoms with E-state index in [-0.39, 0.29) is 0 Å². The van der Waals surface area contributed by atoms with Crippen LogP contribution in [0.15, 0.2) is 54.9 Å². The number of ether oxygens (including phenoxy) is 2. The summed E-state index contributed by atoms with van der Waals surface area (Å²) in [5.41, 5.74) is 1.89. The number of methoxy groups -OCH3 is 1. The van der Waals surface area contributed by atoms with E-state index in [0.29, 0.717) is 11.6 Å². The van der Waals surface area contributed by atoms with Crippen molar-refractivity contribution in [3.63, 3.8) is 0 Å². The summed E-state index contributed by atoms with van der Waals surface area (Å²) in [5, 5.41) is 6.80. The molecule has 0 unspecified atom stereocenters. The summed E-state index contributed by atoms with van der Waals surface area (Å²) in [7, 11) is 1.63. The molecule has 2 heterocycles. The Labute approximate surface area is 116 Å². The van der Waals surface area contributed by atoms with Crippen molar-refractivity contribution in [2.45, 2.75) is 0 Å². The van der Waals surface area contributed by atoms with Crippen molar-refractivity contribution < 1.29 is 9.47 Å². The van der Waals surface area contributed by atoms with Gasteiger partial charge in [-0.2, -0.15) is 5.10 Å². The van der Waals surface area contributed by atoms with E-state index in [1.807, 2.05) is 42.5 Å². The molecular formula is C15H13N3O2. The second-order valence-electron chi connectivity index (χ2n) is 4.13. The van der Waals surface area contributed by atoms with Crippen molar-refractivity contribution >= 4 is 0 Å². The molecular weight excluding hydrogens is 254 g/mol. The third-order valence-electron chi connectivity index (χ3n) is 2.83. The van der Waals surface area contributed by atoms with Crippen molar-refractivity contribution in [2.75, 3.05) is 7.11 Å². The predicted octanol–water partition coefficient (Wildman–Crippen LogP) is 3.27. The highest BCUT2D eigenvalue weighted by Gasteiger charge is 2.02. The van der Waals surface area contributed by atoms with Crippen LogP contribution in [0, 0.1) is 0 Å². The molecule has 3 aromatic rings. The third kappa shape index (κ3) is 2.61. The maximum atomic E-state index is 5.66. The van der Waals surface area contributed by atoms with E-state index < -0.39 is 0 Å². The number of nitrogens with zero attached hydrogens (tertiary/aromatic N) is 2. The molecule has 0 spiro atoms. The Bertz CT molecular complexity index is 661. The normalized spacial score (nSPS) is 10.2. The van der Waals surface area contributed by atoms with Crippen LogP contribution in [-0.2, 0) is 0 Å². The van der Waals surface area contributed by atoms with Gasteiger partial charge in [0, 0.05) is 24.0 Å². The first kappa shape index (κ1) is 12.2. The molecule has 5 heteroatoms. The minimum Gasteiger partial charge on any atom is -0.497 e. The number of hydrogen-bond donors (Lipinski definition) is 1. The Hall–Kier alpha value is -2.82. The largest absolute Gasteiger partial charge is 0.497 e. The van der Waals surface area contributed by atoms with Gasteiger partial charge in [0.2, 0.25) is 5.88 Å². The number of hydrogen-bond acceptors (Lipinski definition) is 4. The van der Waals surface area contributed by atoms with Crippen LogP contribution in [0.1, 0.15) is 0 Å². The summed E-state index contributed by atoms with van der Waals surface area (Å²) in [4.78, 5) is 4.27. The van der Waals surface area contributed by atoms with E-state index in [1.165, 1.54) is 0 Å². The standard InChI is InChI=1S/C15H13N3O2/c1-19-12-3-5-13(6-4-12)20-15-7-2-11(10-16-15)14-8-9-17-18-14/h2-10H,1H3,(H,17,18). The van der Waals surface area contributed by atoms with Crippen LogP contribution in [0.3, 0.4) is 0 Å². The van der Waals surface area contributed by atoms with Crippen LogP contribution in [0.25, 0.3) is 11.3 Å². The molecule has 2 aromatic heterocycles. The Kier molecular flexibility index (Phi) is 3.33. The molecule has 0 aliphatic rings. The molecule has 0 saturated heterocycles. The highest BCUT2D eigenvalue weighted by molar-refractivity contribution is 5.57. The smallest absolute Gasteiger partial charge is 0.219 e. The first-order valence-electron chi connectivity index (χ1n) is 6.13. The highest BCUT2D eigenvalue weighted by atomic mass is 16.5. The van der Waals surface area contributed by atoms with Crippen LogP contribution in [0.4, 0.5) is 0 Å². The molecule has 0 bridgehead atoms. The van der Waals surface area contributed by atoms with Gasteiger partial charge in [-0.15, -0.1) is 0 Å². The number of aromatic nitrogens is 3. The SMILES string of the molecule is COc1ccc(Oc2ccc(-c3ccn[nH]3)cn2)cc1. The van der Waals surface area contributed by atoms with Crippen LogP contribution in [0.2, 0.25) is 0 Å². The molecule has 1 aromatic carbocycles. The lowest BCUT2D eigenvalue weighted by molar-refractivity contribution is 0.412. The molecule has 0 aliphatic carbocycles. The van der Waals surface area contributed by atoms with Gasteiger partial charge in [0.05, 0.1) is 12.8 Å². The van der Waals surface area contributed by atoms with Gasteiger partial charge in [-0.1, -0.05) is 0 Å². The zero-order valence-corrected chi connectivity index (χ0v) is 10.9. The Morgan fingerprint density at radius 3 is 2.35 bits per heavy atom. The summed E-state index contributed by atoms with van der Waals surface area (Å²) >= 11 is 0. The van der Waals surface area contributed by atoms with Gasteiger partial charge in [0.25, 0.3) is 0 Å². The number of H-pyrrole nitrogens is 1. The van der Waals surface area contributed by atoms with Gasteiger partial charge in [0.1, 0.15) is 11.5 Å². The fourth-order valence-electron chi connectivity index (χ4n) is 1.78. The van der Waals surface area contributed by atoms with E-state index in [2.05, 4.69) is 15.2 Å². The van der Waals surface area contributed by atoms with Gasteiger partial charge in [0.15, 0.2) is 0 Å². The van der Waals surface area contributed by atoms with Crippen LogP contribution in [0.5, 0.6) is 17.4 Å². The van der Waals surface area contributed by atoms with Crippen molar-refractivity contribution in [3.8, 4) is 28.6 Å². The van der Waals surface area contributed by atoms with Gasteiger partial charge < -0.3 is 9.47 Å². The quantitative estimate of drug-likeness (QED) is 0.788. The molecule has 0 fully saturated rings. The number of nitrogens with one attached hydrogen (secondary N) is 1. The maximum Gasteiger partial charge on any atom is 0.219 e. The Morgan fingerprint density at radius 2 is 1.75 bits per heavy atom. The van der Waals surface area contributed by atoms with Gasteiger partial charge >= 0.3 is 0 Å². The third-order valence-corrected chi connectivity index (χ3v) is 2.83. The zero-order chi connectivity index (χ0) is 13.8. The average molecular weight is 267 g/mol. The summed E-state index contributed by atoms with van der Waals surface area (Å²) in [5.74, 6) is 2.05. The molecule has 3 rings (SSSR count). The van der Waals surface area contributed by atoms with E-state index in [1.54, 1.807) is 19.5 Å². The lowest BCUT2D eigenvalue weighted by atomic mass is 10.2. The minimum absolute atomic E-state index is 0.540.